The van der Waals surface area contributed by atoms with E-state index in [1.54, 1.807) is 0 Å². The maximum Gasteiger partial charge on any atom is 0.153 e. The summed E-state index contributed by atoms with van der Waals surface area (Å²) in [4.78, 5) is 10.1. The fraction of sp³-hybridized carbons (Fsp3) is 0.480. The second kappa shape index (κ2) is 9.93. The maximum atomic E-state index is 6.19. The van der Waals surface area contributed by atoms with Gasteiger partial charge >= 0.3 is 0 Å². The monoisotopic (exact) mass is 391 g/mol. The van der Waals surface area contributed by atoms with Gasteiger partial charge in [-0.2, -0.15) is 0 Å². The summed E-state index contributed by atoms with van der Waals surface area (Å²) in [5.41, 5.74) is 2.00. The largest absolute Gasteiger partial charge is 0.454 e. The van der Waals surface area contributed by atoms with Gasteiger partial charge in [-0.05, 0) is 37.2 Å². The highest BCUT2D eigenvalue weighted by Crippen LogP contribution is 2.37. The Morgan fingerprint density at radius 2 is 1.48 bits per heavy atom. The Morgan fingerprint density at radius 1 is 0.793 bits per heavy atom. The lowest BCUT2D eigenvalue weighted by Gasteiger charge is -2.36. The number of hydrogen-bond acceptors (Lipinski definition) is 4. The Morgan fingerprint density at radius 3 is 2.31 bits per heavy atom. The molecule has 154 valence electrons. The van der Waals surface area contributed by atoms with Crippen LogP contribution in [0, 0.1) is 0 Å². The van der Waals surface area contributed by atoms with Crippen LogP contribution < -0.4 is 4.74 Å². The number of aliphatic imine (C=N–C) groups is 1. The third kappa shape index (κ3) is 4.99. The van der Waals surface area contributed by atoms with Crippen LogP contribution in [0.4, 0.5) is 5.69 Å². The fourth-order valence-corrected chi connectivity index (χ4v) is 4.21. The van der Waals surface area contributed by atoms with Gasteiger partial charge in [0.1, 0.15) is 17.3 Å². The van der Waals surface area contributed by atoms with E-state index in [9.17, 15) is 0 Å². The number of unbranched alkanes of at least 4 members (excludes halogenated alkanes) is 5. The van der Waals surface area contributed by atoms with Crippen molar-refractivity contribution in [2.24, 2.45) is 4.99 Å². The Bertz CT molecular complexity index is 824. The fourth-order valence-electron chi connectivity index (χ4n) is 4.21. The molecule has 29 heavy (non-hydrogen) atoms. The van der Waals surface area contributed by atoms with Crippen molar-refractivity contribution in [3.05, 3.63) is 54.1 Å². The number of piperazine rings is 1. The average Bonchev–Trinajstić information content (AvgIpc) is 2.93. The van der Waals surface area contributed by atoms with E-state index in [1.165, 1.54) is 45.1 Å². The number of fused-ring (bicyclic) bond motifs is 2. The molecule has 0 unspecified atom stereocenters. The zero-order chi connectivity index (χ0) is 19.9. The first-order valence-corrected chi connectivity index (χ1v) is 11.3. The molecule has 0 aliphatic carbocycles. The first kappa shape index (κ1) is 20.0. The predicted molar refractivity (Wildman–Crippen MR) is 121 cm³/mol. The van der Waals surface area contributed by atoms with Gasteiger partial charge in [0.15, 0.2) is 5.75 Å². The highest BCUT2D eigenvalue weighted by atomic mass is 16.5. The van der Waals surface area contributed by atoms with Gasteiger partial charge in [0.2, 0.25) is 0 Å². The van der Waals surface area contributed by atoms with Crippen LogP contribution in [0.3, 0.4) is 0 Å². The molecule has 4 rings (SSSR count). The van der Waals surface area contributed by atoms with Crippen molar-refractivity contribution < 1.29 is 4.74 Å². The molecule has 2 aromatic rings. The summed E-state index contributed by atoms with van der Waals surface area (Å²) in [5.74, 6) is 2.77. The van der Waals surface area contributed by atoms with Gasteiger partial charge in [-0.3, -0.25) is 4.90 Å². The highest BCUT2D eigenvalue weighted by Gasteiger charge is 2.25. The topological polar surface area (TPSA) is 28.1 Å². The lowest BCUT2D eigenvalue weighted by Crippen LogP contribution is -2.49. The van der Waals surface area contributed by atoms with E-state index in [0.29, 0.717) is 0 Å². The van der Waals surface area contributed by atoms with Crippen LogP contribution >= 0.6 is 0 Å². The van der Waals surface area contributed by atoms with E-state index in [4.69, 9.17) is 9.73 Å². The van der Waals surface area contributed by atoms with Crippen LogP contribution in [0.25, 0.3) is 0 Å². The minimum absolute atomic E-state index is 0.830. The highest BCUT2D eigenvalue weighted by molar-refractivity contribution is 6.03. The molecule has 0 N–H and O–H groups in total. The molecule has 0 amide bonds. The molecule has 0 radical (unpaired) electrons. The Balaban J connectivity index is 1.39. The van der Waals surface area contributed by atoms with Crippen molar-refractivity contribution in [2.45, 2.75) is 45.4 Å². The first-order valence-electron chi connectivity index (χ1n) is 11.3. The summed E-state index contributed by atoms with van der Waals surface area (Å²) in [6.07, 6.45) is 8.19. The number of ether oxygens (including phenoxy) is 1. The Labute approximate surface area is 175 Å². The first-order chi connectivity index (χ1) is 14.3. The number of para-hydroxylation sites is 3. The average molecular weight is 392 g/mol. The van der Waals surface area contributed by atoms with Gasteiger partial charge in [-0.15, -0.1) is 0 Å². The van der Waals surface area contributed by atoms with Gasteiger partial charge in [-0.1, -0.05) is 63.3 Å². The lowest BCUT2D eigenvalue weighted by atomic mass is 10.1. The van der Waals surface area contributed by atoms with Crippen molar-refractivity contribution in [1.29, 1.82) is 0 Å². The summed E-state index contributed by atoms with van der Waals surface area (Å²) in [6, 6.07) is 16.3. The number of rotatable bonds is 7. The van der Waals surface area contributed by atoms with Gasteiger partial charge in [0.05, 0.1) is 5.56 Å². The summed E-state index contributed by atoms with van der Waals surface area (Å²) in [6.45, 7) is 7.77. The van der Waals surface area contributed by atoms with E-state index in [2.05, 4.69) is 28.9 Å². The molecule has 1 fully saturated rings. The quantitative estimate of drug-likeness (QED) is 0.554. The SMILES string of the molecule is CCCCCCCCN1CCN(C2=Nc3ccccc3Oc3ccccc32)CC1. The minimum atomic E-state index is 0.830. The summed E-state index contributed by atoms with van der Waals surface area (Å²) in [5, 5.41) is 0. The summed E-state index contributed by atoms with van der Waals surface area (Å²) < 4.78 is 6.19. The molecular weight excluding hydrogens is 358 g/mol. The second-order valence-electron chi connectivity index (χ2n) is 8.10. The van der Waals surface area contributed by atoms with E-state index in [1.807, 2.05) is 36.4 Å². The van der Waals surface area contributed by atoms with Gasteiger partial charge in [-0.25, -0.2) is 4.99 Å². The predicted octanol–water partition coefficient (Wildman–Crippen LogP) is 5.85. The standard InChI is InChI=1S/C25H33N3O/c1-2-3-4-5-6-11-16-27-17-19-28(20-18-27)25-21-12-7-9-14-23(21)29-24-15-10-8-13-22(24)26-25/h7-10,12-15H,2-6,11,16-20H2,1H3. The summed E-state index contributed by atoms with van der Waals surface area (Å²) >= 11 is 0. The van der Waals surface area contributed by atoms with Crippen LogP contribution in [0.1, 0.15) is 51.0 Å². The molecule has 4 nitrogen and oxygen atoms in total. The summed E-state index contributed by atoms with van der Waals surface area (Å²) in [7, 11) is 0. The van der Waals surface area contributed by atoms with Crippen LogP contribution in [0.15, 0.2) is 53.5 Å². The molecule has 1 saturated heterocycles. The normalized spacial score (nSPS) is 16.4. The number of nitrogens with zero attached hydrogens (tertiary/aromatic N) is 3. The number of amidine groups is 1. The van der Waals surface area contributed by atoms with E-state index in [0.717, 1.165) is 54.8 Å². The van der Waals surface area contributed by atoms with Gasteiger partial charge in [0.25, 0.3) is 0 Å². The minimum Gasteiger partial charge on any atom is -0.454 e. The molecular formula is C25H33N3O. The molecule has 2 aliphatic rings. The van der Waals surface area contributed by atoms with E-state index in [-0.39, 0.29) is 0 Å². The molecule has 0 aromatic heterocycles. The third-order valence-electron chi connectivity index (χ3n) is 5.94. The Hall–Kier alpha value is -2.33. The van der Waals surface area contributed by atoms with Gasteiger partial charge in [0, 0.05) is 26.2 Å². The molecule has 2 aliphatic heterocycles. The van der Waals surface area contributed by atoms with Crippen molar-refractivity contribution in [3.63, 3.8) is 0 Å². The molecule has 2 heterocycles. The van der Waals surface area contributed by atoms with Crippen LogP contribution in [-0.4, -0.2) is 48.4 Å². The molecule has 0 spiro atoms. The second-order valence-corrected chi connectivity index (χ2v) is 8.10. The number of benzene rings is 2. The third-order valence-corrected chi connectivity index (χ3v) is 5.94. The smallest absolute Gasteiger partial charge is 0.153 e. The van der Waals surface area contributed by atoms with Crippen molar-refractivity contribution in [2.75, 3.05) is 32.7 Å². The van der Waals surface area contributed by atoms with E-state index < -0.39 is 0 Å². The lowest BCUT2D eigenvalue weighted by molar-refractivity contribution is 0.179. The van der Waals surface area contributed by atoms with Crippen molar-refractivity contribution in [1.82, 2.24) is 9.80 Å². The molecule has 0 saturated carbocycles. The number of hydrogen-bond donors (Lipinski definition) is 0. The van der Waals surface area contributed by atoms with Crippen molar-refractivity contribution >= 4 is 11.5 Å². The van der Waals surface area contributed by atoms with Crippen molar-refractivity contribution in [3.8, 4) is 11.5 Å². The molecule has 0 bridgehead atoms. The maximum absolute atomic E-state index is 6.19. The molecule has 0 atom stereocenters. The Kier molecular flexibility index (Phi) is 6.83. The molecule has 2 aromatic carbocycles. The van der Waals surface area contributed by atoms with Crippen LogP contribution in [0.5, 0.6) is 11.5 Å². The zero-order valence-electron chi connectivity index (χ0n) is 17.6. The van der Waals surface area contributed by atoms with Gasteiger partial charge < -0.3 is 9.64 Å². The van der Waals surface area contributed by atoms with Crippen LogP contribution in [0.2, 0.25) is 0 Å². The van der Waals surface area contributed by atoms with E-state index >= 15 is 0 Å². The zero-order valence-corrected chi connectivity index (χ0v) is 17.6. The molecule has 4 heteroatoms. The van der Waals surface area contributed by atoms with Crippen LogP contribution in [-0.2, 0) is 0 Å².